The molecule has 12 heteroatoms. The summed E-state index contributed by atoms with van der Waals surface area (Å²) < 4.78 is 24.9. The van der Waals surface area contributed by atoms with Crippen molar-refractivity contribution in [3.05, 3.63) is 83.0 Å². The highest BCUT2D eigenvalue weighted by atomic mass is 32.2. The van der Waals surface area contributed by atoms with E-state index in [2.05, 4.69) is 21.7 Å². The van der Waals surface area contributed by atoms with Crippen molar-refractivity contribution >= 4 is 50.1 Å². The summed E-state index contributed by atoms with van der Waals surface area (Å²) in [6, 6.07) is 16.7. The Kier molecular flexibility index (Phi) is 9.46. The van der Waals surface area contributed by atoms with Crippen molar-refractivity contribution in [1.82, 2.24) is 14.3 Å². The number of thiazole rings is 1. The number of nitrogens with one attached hydrogen (secondary N) is 2. The number of nitrogens with two attached hydrogens (primary N) is 1. The molecule has 40 heavy (non-hydrogen) atoms. The number of hydrogen-bond acceptors (Lipinski definition) is 8. The van der Waals surface area contributed by atoms with Crippen molar-refractivity contribution in [3.63, 3.8) is 0 Å². The summed E-state index contributed by atoms with van der Waals surface area (Å²) in [5, 5.41) is 7.87. The smallest absolute Gasteiger partial charge is 0.253 e. The molecular weight excluding hydrogens is 567 g/mol. The van der Waals surface area contributed by atoms with Crippen molar-refractivity contribution in [2.24, 2.45) is 5.73 Å². The highest BCUT2D eigenvalue weighted by Crippen LogP contribution is 2.29. The average Bonchev–Trinajstić information content (AvgIpc) is 3.57. The number of thioether (sulfide) groups is 1. The molecule has 2 heterocycles. The summed E-state index contributed by atoms with van der Waals surface area (Å²) >= 11 is 2.85. The van der Waals surface area contributed by atoms with Crippen molar-refractivity contribution in [1.29, 1.82) is 0 Å². The number of benzene rings is 2. The minimum absolute atomic E-state index is 0.165. The number of nitrogens with zero attached hydrogens (tertiary/aromatic N) is 2. The van der Waals surface area contributed by atoms with Crippen LogP contribution >= 0.6 is 23.1 Å². The summed E-state index contributed by atoms with van der Waals surface area (Å²) in [6.07, 6.45) is 4.64. The fraction of sp³-hybridized carbons (Fsp3) is 0.250. The van der Waals surface area contributed by atoms with Crippen LogP contribution in [0.1, 0.15) is 28.0 Å². The Labute approximate surface area is 242 Å². The van der Waals surface area contributed by atoms with Gasteiger partial charge in [-0.15, -0.1) is 11.3 Å². The monoisotopic (exact) mass is 597 g/mol. The normalized spacial score (nSPS) is 12.2. The molecule has 0 aliphatic heterocycles. The first-order chi connectivity index (χ1) is 19.1. The van der Waals surface area contributed by atoms with Gasteiger partial charge in [0, 0.05) is 29.4 Å². The van der Waals surface area contributed by atoms with Gasteiger partial charge in [0.1, 0.15) is 6.04 Å². The summed E-state index contributed by atoms with van der Waals surface area (Å²) in [5.74, 6) is -0.278. The second-order valence-electron chi connectivity index (χ2n) is 9.25. The molecule has 0 aliphatic carbocycles. The Hall–Kier alpha value is -3.45. The lowest BCUT2D eigenvalue weighted by Crippen LogP contribution is -2.44. The van der Waals surface area contributed by atoms with Crippen molar-refractivity contribution in [2.75, 3.05) is 23.6 Å². The van der Waals surface area contributed by atoms with Crippen molar-refractivity contribution in [2.45, 2.75) is 25.9 Å². The molecule has 0 bridgehead atoms. The van der Waals surface area contributed by atoms with E-state index < -0.39 is 27.9 Å². The van der Waals surface area contributed by atoms with Crippen molar-refractivity contribution < 1.29 is 18.0 Å². The van der Waals surface area contributed by atoms with Crippen LogP contribution in [0, 0.1) is 6.92 Å². The molecule has 4 N–H and O–H groups in total. The molecule has 2 amide bonds. The zero-order valence-electron chi connectivity index (χ0n) is 22.4. The highest BCUT2D eigenvalue weighted by Gasteiger charge is 2.24. The number of hydrogen-bond donors (Lipinski definition) is 3. The van der Waals surface area contributed by atoms with Crippen LogP contribution in [0.25, 0.3) is 22.4 Å². The lowest BCUT2D eigenvalue weighted by atomic mass is 10.0. The minimum atomic E-state index is -3.55. The van der Waals surface area contributed by atoms with Crippen molar-refractivity contribution in [3.8, 4) is 22.4 Å². The molecule has 2 aromatic heterocycles. The lowest BCUT2D eigenvalue weighted by Gasteiger charge is -2.17. The van der Waals surface area contributed by atoms with Gasteiger partial charge < -0.3 is 16.4 Å². The number of aromatic nitrogens is 2. The molecule has 0 saturated heterocycles. The molecule has 0 radical (unpaired) electrons. The van der Waals surface area contributed by atoms with E-state index in [9.17, 15) is 18.0 Å². The Morgan fingerprint density at radius 1 is 1.10 bits per heavy atom. The molecule has 1 atom stereocenters. The van der Waals surface area contributed by atoms with Crippen LogP contribution in [0.3, 0.4) is 0 Å². The fourth-order valence-electron chi connectivity index (χ4n) is 4.17. The number of anilines is 1. The van der Waals surface area contributed by atoms with E-state index >= 15 is 0 Å². The van der Waals surface area contributed by atoms with Gasteiger partial charge in [0.05, 0.1) is 17.5 Å². The third-order valence-corrected chi connectivity index (χ3v) is 8.72. The van der Waals surface area contributed by atoms with E-state index in [0.29, 0.717) is 29.5 Å². The maximum atomic E-state index is 13.2. The summed E-state index contributed by atoms with van der Waals surface area (Å²) in [6.45, 7) is 2.07. The predicted molar refractivity (Wildman–Crippen MR) is 163 cm³/mol. The average molecular weight is 598 g/mol. The Morgan fingerprint density at radius 2 is 1.80 bits per heavy atom. The number of rotatable bonds is 11. The van der Waals surface area contributed by atoms with Gasteiger partial charge in [0.2, 0.25) is 15.9 Å². The van der Waals surface area contributed by atoms with Gasteiger partial charge in [0.25, 0.3) is 5.91 Å². The molecule has 0 fully saturated rings. The summed E-state index contributed by atoms with van der Waals surface area (Å²) in [4.78, 5) is 30.7. The second-order valence-corrected chi connectivity index (χ2v) is 13.0. The lowest BCUT2D eigenvalue weighted by molar-refractivity contribution is -0.118. The van der Waals surface area contributed by atoms with E-state index in [0.717, 1.165) is 38.2 Å². The number of carbonyl (C=O) groups excluding carboxylic acids is 2. The third kappa shape index (κ3) is 7.19. The van der Waals surface area contributed by atoms with E-state index in [-0.39, 0.29) is 5.56 Å². The number of carbonyl (C=O) groups is 2. The molecule has 4 rings (SSSR count). The van der Waals surface area contributed by atoms with Gasteiger partial charge in [0.15, 0.2) is 5.13 Å². The largest absolute Gasteiger partial charge is 0.340 e. The molecule has 2 aromatic carbocycles. The highest BCUT2D eigenvalue weighted by molar-refractivity contribution is 7.98. The van der Waals surface area contributed by atoms with E-state index in [1.54, 1.807) is 18.7 Å². The van der Waals surface area contributed by atoms with Gasteiger partial charge >= 0.3 is 0 Å². The molecule has 0 spiro atoms. The van der Waals surface area contributed by atoms with E-state index in [1.165, 1.54) is 23.6 Å². The summed E-state index contributed by atoms with van der Waals surface area (Å²) in [5.41, 5.74) is 11.1. The van der Waals surface area contributed by atoms with Crippen LogP contribution in [-0.4, -0.2) is 53.5 Å². The predicted octanol–water partition coefficient (Wildman–Crippen LogP) is 4.34. The number of amides is 2. The van der Waals surface area contributed by atoms with Crippen LogP contribution in [0.2, 0.25) is 0 Å². The van der Waals surface area contributed by atoms with Crippen LogP contribution < -0.4 is 16.4 Å². The van der Waals surface area contributed by atoms with E-state index in [1.807, 2.05) is 54.1 Å². The SMILES string of the molecule is CSCC[C@H](NC(=O)c1cc(C)n(S(C)(=O)=O)c1)C(=O)Nc1nc(-c2cccc(-c3cccc(CN)c3)c2)cs1. The number of aryl methyl sites for hydroxylation is 1. The van der Waals surface area contributed by atoms with Gasteiger partial charge in [-0.2, -0.15) is 11.8 Å². The maximum absolute atomic E-state index is 13.2. The second kappa shape index (κ2) is 12.8. The minimum Gasteiger partial charge on any atom is -0.340 e. The molecule has 4 aromatic rings. The first-order valence-electron chi connectivity index (χ1n) is 12.4. The molecular formula is C28H31N5O4S3. The fourth-order valence-corrected chi connectivity index (χ4v) is 6.25. The topological polar surface area (TPSA) is 136 Å². The van der Waals surface area contributed by atoms with Gasteiger partial charge in [-0.1, -0.05) is 36.4 Å². The molecule has 9 nitrogen and oxygen atoms in total. The molecule has 210 valence electrons. The standard InChI is InChI=1S/C28H31N5O4S3/c1-18-12-23(16-33(18)40(3,36)37)26(34)30-24(10-11-38-2)27(35)32-28-31-25(17-39-28)22-9-5-8-21(14-22)20-7-4-6-19(13-20)15-29/h4-9,12-14,16-17,24H,10-11,15,29H2,1-3H3,(H,30,34)(H,31,32,35)/t24-/m0/s1. The zero-order chi connectivity index (χ0) is 28.9. The van der Waals surface area contributed by atoms with E-state index in [4.69, 9.17) is 5.73 Å². The Morgan fingerprint density at radius 3 is 2.48 bits per heavy atom. The summed E-state index contributed by atoms with van der Waals surface area (Å²) in [7, 11) is -3.55. The van der Waals surface area contributed by atoms with Crippen LogP contribution in [0.4, 0.5) is 5.13 Å². The van der Waals surface area contributed by atoms with Gasteiger partial charge in [-0.25, -0.2) is 17.4 Å². The van der Waals surface area contributed by atoms with Gasteiger partial charge in [-0.05, 0) is 60.2 Å². The first-order valence-corrected chi connectivity index (χ1v) is 16.6. The molecule has 0 saturated carbocycles. The van der Waals surface area contributed by atoms with Crippen LogP contribution in [-0.2, 0) is 21.4 Å². The van der Waals surface area contributed by atoms with Crippen LogP contribution in [0.15, 0.2) is 66.2 Å². The third-order valence-electron chi connectivity index (χ3n) is 6.21. The Balaban J connectivity index is 1.48. The maximum Gasteiger partial charge on any atom is 0.253 e. The van der Waals surface area contributed by atoms with Gasteiger partial charge in [-0.3, -0.25) is 9.59 Å². The first kappa shape index (κ1) is 29.5. The zero-order valence-corrected chi connectivity index (χ0v) is 24.8. The molecule has 0 aliphatic rings. The Bertz CT molecular complexity index is 1630. The molecule has 0 unspecified atom stereocenters. The van der Waals surface area contributed by atoms with Crippen LogP contribution in [0.5, 0.6) is 0 Å². The quantitative estimate of drug-likeness (QED) is 0.234.